The summed E-state index contributed by atoms with van der Waals surface area (Å²) in [6.45, 7) is 10.5. The van der Waals surface area contributed by atoms with E-state index in [4.69, 9.17) is 43.0 Å². The molecule has 28 heteroatoms. The normalized spacial score (nSPS) is 15.8. The summed E-state index contributed by atoms with van der Waals surface area (Å²) >= 11 is 6.97. The highest BCUT2D eigenvalue weighted by molar-refractivity contribution is 6.35. The number of likely N-dealkylation sites (N-methyl/N-ethyl adjacent to an activating group) is 1. The molecule has 3 atom stereocenters. The van der Waals surface area contributed by atoms with E-state index in [0.29, 0.717) is 120 Å². The SMILES string of the molecule is C=CC(=O)N1CCC[C@@H](n2c(Cl)c(-c3ccc(Oc4ccccc4)cc3)c3c(N)n[nH]c(=O)c32)C1.C=CC(=O)N1CCC[C@@H](n2c(F)c(-c3ccc(Oc4ccccc4)cc3)c3c(N)n[nH]c(=O)c32)C1.CN(C)C/C=C/C(=O)N1CCC[C@@H](n2c(F)c(-c3ccc(Oc4ccccc4)cc3)c3c(N)n[nH]c(=O)c32)C1. The van der Waals surface area contributed by atoms with Gasteiger partial charge in [0.25, 0.3) is 16.7 Å². The van der Waals surface area contributed by atoms with Crippen molar-refractivity contribution in [1.82, 2.24) is 63.9 Å². The minimum absolute atomic E-state index is 0.0201. The van der Waals surface area contributed by atoms with Crippen LogP contribution < -0.4 is 48.1 Å². The second-order valence-corrected chi connectivity index (χ2v) is 27.1. The molecule has 9 heterocycles. The van der Waals surface area contributed by atoms with E-state index in [2.05, 4.69) is 43.7 Å². The molecule has 6 aromatic heterocycles. The van der Waals surface area contributed by atoms with Crippen LogP contribution in [0, 0.1) is 11.9 Å². The van der Waals surface area contributed by atoms with Crippen LogP contribution in [0.3, 0.4) is 0 Å². The number of rotatable bonds is 17. The molecule has 0 saturated carbocycles. The van der Waals surface area contributed by atoms with E-state index in [0.717, 1.165) is 24.2 Å². The molecule has 0 aliphatic carbocycles. The third-order valence-corrected chi connectivity index (χ3v) is 19.7. The molecule has 0 unspecified atom stereocenters. The second kappa shape index (κ2) is 32.9. The lowest BCUT2D eigenvalue weighted by Gasteiger charge is -2.33. The van der Waals surface area contributed by atoms with Crippen molar-refractivity contribution in [2.24, 2.45) is 0 Å². The summed E-state index contributed by atoms with van der Waals surface area (Å²) in [5, 5.41) is 20.4. The number of amides is 3. The molecule has 6 aromatic carbocycles. The van der Waals surface area contributed by atoms with E-state index in [1.165, 1.54) is 21.3 Å². The van der Waals surface area contributed by atoms with Crippen LogP contribution in [0.1, 0.15) is 56.7 Å². The number of nitrogens with two attached hydrogens (primary N) is 3. The molecular weight excluding hydrogens is 1410 g/mol. The lowest BCUT2D eigenvalue weighted by atomic mass is 10.0. The number of nitrogen functional groups attached to an aromatic ring is 3. The quantitative estimate of drug-likeness (QED) is 0.0461. The molecule has 15 rings (SSSR count). The van der Waals surface area contributed by atoms with Gasteiger partial charge in [0.2, 0.25) is 29.6 Å². The third-order valence-electron chi connectivity index (χ3n) is 19.3. The van der Waals surface area contributed by atoms with Gasteiger partial charge in [0, 0.05) is 68.6 Å². The number of ether oxygens (including phenoxy) is 3. The molecule has 0 bridgehead atoms. The summed E-state index contributed by atoms with van der Waals surface area (Å²) in [5.74, 6) is 2.44. The van der Waals surface area contributed by atoms with Gasteiger partial charge in [-0.1, -0.05) is 122 Å². The van der Waals surface area contributed by atoms with Crippen molar-refractivity contribution in [3.8, 4) is 67.9 Å². The van der Waals surface area contributed by atoms with Gasteiger partial charge in [-0.3, -0.25) is 28.8 Å². The topological polar surface area (TPSA) is 322 Å². The fourth-order valence-electron chi connectivity index (χ4n) is 14.3. The molecule has 3 fully saturated rings. The first-order valence-corrected chi connectivity index (χ1v) is 35.8. The van der Waals surface area contributed by atoms with Gasteiger partial charge in [-0.05, 0) is 154 Å². The Morgan fingerprint density at radius 1 is 0.477 bits per heavy atom. The Hall–Kier alpha value is -12.9. The average Bonchev–Trinajstić information content (AvgIpc) is 1.60. The molecule has 9 N–H and O–H groups in total. The molecule has 3 saturated heterocycles. The van der Waals surface area contributed by atoms with E-state index in [9.17, 15) is 28.8 Å². The first kappa shape index (κ1) is 74.4. The monoisotopic (exact) mass is 1490 g/mol. The minimum Gasteiger partial charge on any atom is -0.457 e. The van der Waals surface area contributed by atoms with Crippen molar-refractivity contribution in [3.63, 3.8) is 0 Å². The molecule has 0 radical (unpaired) electrons. The Morgan fingerprint density at radius 3 is 1.12 bits per heavy atom. The number of fused-ring (bicyclic) bond motifs is 3. The number of anilines is 3. The number of hydrogen-bond donors (Lipinski definition) is 6. The van der Waals surface area contributed by atoms with Crippen LogP contribution in [0.15, 0.2) is 216 Å². The minimum atomic E-state index is -0.597. The Balaban J connectivity index is 0.000000144. The van der Waals surface area contributed by atoms with E-state index in [1.807, 2.05) is 134 Å². The van der Waals surface area contributed by atoms with E-state index in [1.54, 1.807) is 79.9 Å². The lowest BCUT2D eigenvalue weighted by Crippen LogP contribution is -2.40. The number of para-hydroxylation sites is 3. The van der Waals surface area contributed by atoms with Gasteiger partial charge in [0.05, 0.1) is 34.3 Å². The number of nitrogens with one attached hydrogen (secondary N) is 3. The lowest BCUT2D eigenvalue weighted by molar-refractivity contribution is -0.128. The molecule has 0 spiro atoms. The molecule has 25 nitrogen and oxygen atoms in total. The number of hydrogen-bond acceptors (Lipinski definition) is 16. The van der Waals surface area contributed by atoms with Crippen molar-refractivity contribution in [3.05, 3.63) is 249 Å². The summed E-state index contributed by atoms with van der Waals surface area (Å²) in [6, 6.07) is 48.3. The Kier molecular flexibility index (Phi) is 22.4. The molecule has 109 heavy (non-hydrogen) atoms. The van der Waals surface area contributed by atoms with Crippen molar-refractivity contribution in [1.29, 1.82) is 0 Å². The predicted octanol–water partition coefficient (Wildman–Crippen LogP) is 13.2. The van der Waals surface area contributed by atoms with Gasteiger partial charge >= 0.3 is 0 Å². The molecule has 3 amide bonds. The van der Waals surface area contributed by atoms with Crippen LogP contribution in [-0.2, 0) is 14.4 Å². The smallest absolute Gasteiger partial charge is 0.288 e. The average molecular weight is 1490 g/mol. The van der Waals surface area contributed by atoms with Gasteiger partial charge < -0.3 is 64.7 Å². The molecule has 558 valence electrons. The summed E-state index contributed by atoms with van der Waals surface area (Å²) in [6.07, 6.45) is 9.99. The molecule has 3 aliphatic heterocycles. The van der Waals surface area contributed by atoms with Crippen molar-refractivity contribution in [2.45, 2.75) is 56.7 Å². The number of carbonyl (C=O) groups is 3. The maximum Gasteiger partial charge on any atom is 0.288 e. The van der Waals surface area contributed by atoms with Crippen LogP contribution >= 0.6 is 11.6 Å². The van der Waals surface area contributed by atoms with E-state index < -0.39 is 40.7 Å². The van der Waals surface area contributed by atoms with Gasteiger partial charge in [-0.25, -0.2) is 15.3 Å². The predicted molar refractivity (Wildman–Crippen MR) is 418 cm³/mol. The zero-order valence-corrected chi connectivity index (χ0v) is 60.5. The summed E-state index contributed by atoms with van der Waals surface area (Å²) in [5.41, 5.74) is 20.5. The highest BCUT2D eigenvalue weighted by Crippen LogP contribution is 2.45. The number of likely N-dealkylation sites (tertiary alicyclic amines) is 3. The van der Waals surface area contributed by atoms with E-state index in [-0.39, 0.29) is 87.2 Å². The third kappa shape index (κ3) is 15.9. The number of aromatic amines is 3. The number of benzene rings is 6. The van der Waals surface area contributed by atoms with Gasteiger partial charge in [-0.2, -0.15) is 24.1 Å². The fraction of sp³-hybridized carbons (Fsp3) is 0.222. The summed E-state index contributed by atoms with van der Waals surface area (Å²) in [7, 11) is 3.84. The van der Waals surface area contributed by atoms with Crippen LogP contribution in [0.5, 0.6) is 34.5 Å². The maximum absolute atomic E-state index is 16.4. The largest absolute Gasteiger partial charge is 0.457 e. The summed E-state index contributed by atoms with van der Waals surface area (Å²) in [4.78, 5) is 83.0. The summed E-state index contributed by atoms with van der Waals surface area (Å²) < 4.78 is 54.7. The van der Waals surface area contributed by atoms with Gasteiger partial charge in [-0.15, -0.1) is 0 Å². The number of nitrogens with zero attached hydrogens (tertiary/aromatic N) is 10. The van der Waals surface area contributed by atoms with Crippen LogP contribution in [0.4, 0.5) is 26.2 Å². The standard InChI is InChI=1S/C29H31FN6O3.C26H24ClN5O3.C26H24FN5O3/c1-34(2)16-7-11-23(37)35-17-6-8-20(18-35)36-26-25(28(31)32-33-29(26)38)24(27(36)30)19-12-14-22(15-13-19)39-21-9-4-3-5-10-21;2*1-2-20(33)31-14-6-7-17(15-31)32-23-22(25(28)29-30-26(23)34)21(24(32)27)16-10-12-19(13-11-16)35-18-8-4-3-5-9-18/h3-5,7,9-15,20H,6,8,16-18H2,1-2H3,(H2,31,32)(H,33,38);2*2-5,8-13,17H,1,6-7,14-15H2,(H2,28,29)(H,30,34)/b11-7+;;/t20-;2*17-/m111/s1. The highest BCUT2D eigenvalue weighted by Gasteiger charge is 2.35. The van der Waals surface area contributed by atoms with Crippen molar-refractivity contribution in [2.75, 3.05) is 77.1 Å². The second-order valence-electron chi connectivity index (χ2n) is 26.7. The van der Waals surface area contributed by atoms with Crippen molar-refractivity contribution >= 4 is 79.5 Å². The molecule has 3 aliphatic rings. The van der Waals surface area contributed by atoms with Crippen molar-refractivity contribution < 1.29 is 37.4 Å². The zero-order chi connectivity index (χ0) is 76.6. The number of piperidine rings is 3. The maximum atomic E-state index is 16.4. The number of halogens is 3. The Morgan fingerprint density at radius 2 is 0.780 bits per heavy atom. The number of H-pyrrole nitrogens is 3. The van der Waals surface area contributed by atoms with E-state index >= 15 is 8.78 Å². The molecule has 12 aromatic rings. The fourth-order valence-corrected chi connectivity index (χ4v) is 14.8. The van der Waals surface area contributed by atoms with Crippen LogP contribution in [-0.4, -0.2) is 142 Å². The first-order chi connectivity index (χ1) is 52.8. The molecular formula is C81H79ClF2N16O9. The first-order valence-electron chi connectivity index (χ1n) is 35.4. The van der Waals surface area contributed by atoms with Gasteiger partial charge in [0.1, 0.15) is 56.2 Å². The van der Waals surface area contributed by atoms with Gasteiger partial charge in [0.15, 0.2) is 17.5 Å². The number of aromatic nitrogens is 9. The zero-order valence-electron chi connectivity index (χ0n) is 59.7. The van der Waals surface area contributed by atoms with Crippen LogP contribution in [0.25, 0.3) is 66.1 Å². The Bertz CT molecular complexity index is 5350. The van der Waals surface area contributed by atoms with Crippen LogP contribution in [0.2, 0.25) is 5.15 Å². The number of carbonyl (C=O) groups excluding carboxylic acids is 3. The highest BCUT2D eigenvalue weighted by atomic mass is 35.5. The Labute approximate surface area is 628 Å².